The fourth-order valence-corrected chi connectivity index (χ4v) is 13.3. The van der Waals surface area contributed by atoms with Crippen LogP contribution in [-0.4, -0.2) is 14.7 Å². The fourth-order valence-electron chi connectivity index (χ4n) is 8.06. The predicted molar refractivity (Wildman–Crippen MR) is 206 cm³/mol. The van der Waals surface area contributed by atoms with Crippen LogP contribution in [0.3, 0.4) is 0 Å². The maximum absolute atomic E-state index is 6.77. The highest BCUT2D eigenvalue weighted by atomic mass is 28.3. The zero-order chi connectivity index (χ0) is 33.5. The second kappa shape index (κ2) is 12.8. The van der Waals surface area contributed by atoms with E-state index in [1.165, 1.54) is 71.9 Å². The highest BCUT2D eigenvalue weighted by molar-refractivity contribution is 6.94. The molecule has 1 aliphatic carbocycles. The molecule has 0 aromatic heterocycles. The number of aryl methyl sites for hydroxylation is 3. The summed E-state index contributed by atoms with van der Waals surface area (Å²) in [6.07, 6.45) is 1.89. The molecule has 47 heavy (non-hydrogen) atoms. The van der Waals surface area contributed by atoms with Crippen molar-refractivity contribution in [3.8, 4) is 39.1 Å². The first-order valence-electron chi connectivity index (χ1n) is 17.3. The Morgan fingerprint density at radius 3 is 1.62 bits per heavy atom. The quantitative estimate of drug-likeness (QED) is 0.116. The van der Waals surface area contributed by atoms with E-state index in [9.17, 15) is 0 Å². The third kappa shape index (κ3) is 5.93. The van der Waals surface area contributed by atoms with Crippen LogP contribution in [0.15, 0.2) is 110 Å². The molecule has 0 heterocycles. The fraction of sp³-hybridized carbons (Fsp3) is 0.289. The lowest BCUT2D eigenvalue weighted by molar-refractivity contribution is 0.353. The maximum atomic E-state index is 6.77. The van der Waals surface area contributed by atoms with Gasteiger partial charge >= 0.3 is 0 Å². The summed E-state index contributed by atoms with van der Waals surface area (Å²) in [7, 11) is -2.35. The molecular formula is C45H50OSi. The third-order valence-electron chi connectivity index (χ3n) is 10.5. The van der Waals surface area contributed by atoms with Gasteiger partial charge in [-0.15, -0.1) is 0 Å². The summed E-state index contributed by atoms with van der Waals surface area (Å²) in [6, 6.07) is 39.5. The van der Waals surface area contributed by atoms with Crippen molar-refractivity contribution >= 4 is 13.3 Å². The van der Waals surface area contributed by atoms with Crippen LogP contribution in [-0.2, 0) is 5.41 Å². The van der Waals surface area contributed by atoms with Crippen molar-refractivity contribution in [3.05, 3.63) is 143 Å². The van der Waals surface area contributed by atoms with Crippen LogP contribution in [0.2, 0.25) is 12.1 Å². The highest BCUT2D eigenvalue weighted by Gasteiger charge is 2.48. The third-order valence-corrected chi connectivity index (χ3v) is 16.2. The lowest BCUT2D eigenvalue weighted by atomic mass is 9.85. The van der Waals surface area contributed by atoms with Crippen LogP contribution in [0.25, 0.3) is 33.4 Å². The van der Waals surface area contributed by atoms with Crippen molar-refractivity contribution in [1.82, 2.24) is 0 Å². The molecular weight excluding hydrogens is 585 g/mol. The van der Waals surface area contributed by atoms with Crippen LogP contribution in [0, 0.1) is 20.8 Å². The van der Waals surface area contributed by atoms with Crippen LogP contribution in [0.4, 0.5) is 0 Å². The molecule has 0 radical (unpaired) electrons. The van der Waals surface area contributed by atoms with Gasteiger partial charge in [-0.3, -0.25) is 0 Å². The van der Waals surface area contributed by atoms with Crippen LogP contribution in [0.5, 0.6) is 5.75 Å². The van der Waals surface area contributed by atoms with Gasteiger partial charge in [-0.25, -0.2) is 0 Å². The lowest BCUT2D eigenvalue weighted by Crippen LogP contribution is -2.53. The summed E-state index contributed by atoms with van der Waals surface area (Å²) >= 11 is 0. The number of fused-ring (bicyclic) bond motifs is 3. The summed E-state index contributed by atoms with van der Waals surface area (Å²) < 4.78 is 6.77. The second-order valence-corrected chi connectivity index (χ2v) is 19.5. The average molecular weight is 635 g/mol. The summed E-state index contributed by atoms with van der Waals surface area (Å²) in [4.78, 5) is 0. The predicted octanol–water partition coefficient (Wildman–Crippen LogP) is 11.9. The van der Waals surface area contributed by atoms with Crippen molar-refractivity contribution in [2.75, 3.05) is 6.61 Å². The Hall–Kier alpha value is -4.14. The standard InChI is InChI=1S/C45H50OSi/c1-10-23-46-43-41(45(7,8)9)26-32(6)27-42(43)47(11-2,12-3)44-39-28-35(33-17-13-15-30(4)24-33)19-21-37(39)38-22-20-36(29-40(38)44)34-18-14-16-31(5)25-34/h10,13-22,24-29,44H,1,11-12,23H2,2-9H3. The average Bonchev–Trinajstić information content (AvgIpc) is 3.38. The first-order valence-corrected chi connectivity index (χ1v) is 19.8. The molecule has 0 saturated heterocycles. The molecule has 0 aliphatic heterocycles. The van der Waals surface area contributed by atoms with Gasteiger partial charge in [0, 0.05) is 5.54 Å². The Morgan fingerprint density at radius 2 is 1.17 bits per heavy atom. The topological polar surface area (TPSA) is 9.23 Å². The van der Waals surface area contributed by atoms with Crippen LogP contribution >= 0.6 is 0 Å². The molecule has 5 aromatic rings. The number of hydrogen-bond acceptors (Lipinski definition) is 1. The Labute approximate surface area is 284 Å². The van der Waals surface area contributed by atoms with E-state index in [0.29, 0.717) is 6.61 Å². The van der Waals surface area contributed by atoms with Crippen molar-refractivity contribution in [3.63, 3.8) is 0 Å². The molecule has 5 aromatic carbocycles. The molecule has 6 rings (SSSR count). The SMILES string of the molecule is C=CCOc1c(C(C)(C)C)cc(C)cc1[Si](CC)(CC)C1c2cc(-c3cccc(C)c3)ccc2-c2ccc(-c3cccc(C)c3)cc21. The van der Waals surface area contributed by atoms with E-state index >= 15 is 0 Å². The number of benzene rings is 5. The summed E-state index contributed by atoms with van der Waals surface area (Å²) in [5.74, 6) is 1.10. The van der Waals surface area contributed by atoms with Gasteiger partial charge in [-0.1, -0.05) is 173 Å². The Morgan fingerprint density at radius 1 is 0.660 bits per heavy atom. The monoisotopic (exact) mass is 634 g/mol. The normalized spacial score (nSPS) is 12.9. The van der Waals surface area contributed by atoms with E-state index in [1.54, 1.807) is 0 Å². The second-order valence-electron chi connectivity index (χ2n) is 14.7. The van der Waals surface area contributed by atoms with Gasteiger partial charge in [0.15, 0.2) is 0 Å². The Balaban J connectivity index is 1.67. The maximum Gasteiger partial charge on any atom is 0.122 e. The molecule has 0 atom stereocenters. The minimum absolute atomic E-state index is 0.0545. The number of rotatable bonds is 9. The smallest absolute Gasteiger partial charge is 0.122 e. The van der Waals surface area contributed by atoms with Crippen molar-refractivity contribution in [1.29, 1.82) is 0 Å². The molecule has 0 fully saturated rings. The summed E-state index contributed by atoms with van der Waals surface area (Å²) in [5.41, 5.74) is 16.3. The van der Waals surface area contributed by atoms with E-state index < -0.39 is 8.07 Å². The van der Waals surface area contributed by atoms with Crippen molar-refractivity contribution in [2.45, 2.75) is 78.4 Å². The van der Waals surface area contributed by atoms with Gasteiger partial charge in [-0.05, 0) is 81.4 Å². The van der Waals surface area contributed by atoms with Gasteiger partial charge in [0.25, 0.3) is 0 Å². The molecule has 0 saturated carbocycles. The molecule has 1 aliphatic rings. The van der Waals surface area contributed by atoms with Crippen molar-refractivity contribution in [2.24, 2.45) is 0 Å². The van der Waals surface area contributed by atoms with Crippen LogP contribution < -0.4 is 9.92 Å². The minimum Gasteiger partial charge on any atom is -0.489 e. The van der Waals surface area contributed by atoms with Gasteiger partial charge in [0.05, 0.1) is 0 Å². The van der Waals surface area contributed by atoms with E-state index in [4.69, 9.17) is 4.74 Å². The molecule has 0 N–H and O–H groups in total. The van der Waals surface area contributed by atoms with E-state index in [-0.39, 0.29) is 11.0 Å². The molecule has 0 spiro atoms. The summed E-state index contributed by atoms with van der Waals surface area (Å²) in [6.45, 7) is 23.0. The molecule has 1 nitrogen and oxygen atoms in total. The zero-order valence-corrected chi connectivity index (χ0v) is 30.6. The van der Waals surface area contributed by atoms with Gasteiger partial charge in [-0.2, -0.15) is 0 Å². The van der Waals surface area contributed by atoms with Crippen molar-refractivity contribution < 1.29 is 4.74 Å². The van der Waals surface area contributed by atoms with E-state index in [1.807, 2.05) is 6.08 Å². The van der Waals surface area contributed by atoms with Gasteiger partial charge in [0.1, 0.15) is 20.4 Å². The molecule has 0 unspecified atom stereocenters. The first kappa shape index (κ1) is 32.8. The molecule has 240 valence electrons. The molecule has 2 heteroatoms. The number of hydrogen-bond donors (Lipinski definition) is 0. The van der Waals surface area contributed by atoms with E-state index in [0.717, 1.165) is 17.8 Å². The molecule has 0 amide bonds. The minimum atomic E-state index is -2.35. The lowest BCUT2D eigenvalue weighted by Gasteiger charge is -2.40. The molecule has 0 bridgehead atoms. The zero-order valence-electron chi connectivity index (χ0n) is 29.6. The summed E-state index contributed by atoms with van der Waals surface area (Å²) in [5, 5.41) is 1.46. The number of ether oxygens (including phenoxy) is 1. The highest BCUT2D eigenvalue weighted by Crippen LogP contribution is 2.53. The largest absolute Gasteiger partial charge is 0.489 e. The Kier molecular flexibility index (Phi) is 8.93. The first-order chi connectivity index (χ1) is 22.5. The van der Waals surface area contributed by atoms with Gasteiger partial charge < -0.3 is 4.74 Å². The van der Waals surface area contributed by atoms with E-state index in [2.05, 4.69) is 159 Å². The van der Waals surface area contributed by atoms with Gasteiger partial charge in [0.2, 0.25) is 0 Å². The Bertz CT molecular complexity index is 1860. The van der Waals surface area contributed by atoms with Crippen LogP contribution in [0.1, 0.15) is 73.5 Å².